The van der Waals surface area contributed by atoms with Crippen LogP contribution in [0.5, 0.6) is 0 Å². The molecule has 3 aromatic heterocycles. The lowest BCUT2D eigenvalue weighted by Gasteiger charge is -2.27. The predicted octanol–water partition coefficient (Wildman–Crippen LogP) is 17.0. The Morgan fingerprint density at radius 2 is 1.05 bits per heavy atom. The molecule has 0 fully saturated rings. The van der Waals surface area contributed by atoms with Crippen molar-refractivity contribution >= 4 is 103 Å². The third-order valence-corrected chi connectivity index (χ3v) is 13.7. The van der Waals surface area contributed by atoms with Crippen LogP contribution in [0.15, 0.2) is 223 Å². The first-order valence-corrected chi connectivity index (χ1v) is 21.9. The van der Waals surface area contributed by atoms with Crippen molar-refractivity contribution in [2.45, 2.75) is 0 Å². The Balaban J connectivity index is 1.07. The summed E-state index contributed by atoms with van der Waals surface area (Å²) in [6.07, 6.45) is 0. The van der Waals surface area contributed by atoms with Crippen molar-refractivity contribution in [3.05, 3.63) is 218 Å². The molecule has 0 saturated heterocycles. The second-order valence-corrected chi connectivity index (χ2v) is 17.2. The van der Waals surface area contributed by atoms with Crippen molar-refractivity contribution in [2.24, 2.45) is 0 Å². The summed E-state index contributed by atoms with van der Waals surface area (Å²) in [6, 6.07) is 79.3. The minimum Gasteiger partial charge on any atom is -0.454 e. The molecule has 0 radical (unpaired) electrons. The number of benzene rings is 10. The first-order valence-electron chi connectivity index (χ1n) is 21.1. The van der Waals surface area contributed by atoms with Crippen LogP contribution in [0.2, 0.25) is 0 Å². The average molecular weight is 809 g/mol. The summed E-state index contributed by atoms with van der Waals surface area (Å²) in [7, 11) is 0. The molecule has 0 bridgehead atoms. The molecule has 3 heterocycles. The van der Waals surface area contributed by atoms with E-state index < -0.39 is 0 Å². The number of rotatable bonds is 6. The first-order chi connectivity index (χ1) is 30.7. The van der Waals surface area contributed by atoms with Crippen LogP contribution < -0.4 is 4.90 Å². The molecular formula is C58H36N2OS. The Hall–Kier alpha value is -7.92. The van der Waals surface area contributed by atoms with Crippen LogP contribution in [-0.4, -0.2) is 4.57 Å². The van der Waals surface area contributed by atoms with Gasteiger partial charge in [-0.2, -0.15) is 0 Å². The molecular weight excluding hydrogens is 773 g/mol. The lowest BCUT2D eigenvalue weighted by atomic mass is 9.98. The number of anilines is 3. The molecule has 0 aliphatic rings. The van der Waals surface area contributed by atoms with Crippen LogP contribution in [0.25, 0.3) is 103 Å². The van der Waals surface area contributed by atoms with E-state index in [9.17, 15) is 0 Å². The Bertz CT molecular complexity index is 3890. The summed E-state index contributed by atoms with van der Waals surface area (Å²) in [5, 5.41) is 9.49. The zero-order valence-corrected chi connectivity index (χ0v) is 34.3. The quantitative estimate of drug-likeness (QED) is 0.167. The smallest absolute Gasteiger partial charge is 0.159 e. The number of para-hydroxylation sites is 2. The molecule has 10 aromatic carbocycles. The van der Waals surface area contributed by atoms with Crippen LogP contribution in [0, 0.1) is 0 Å². The van der Waals surface area contributed by atoms with E-state index >= 15 is 0 Å². The van der Waals surface area contributed by atoms with Gasteiger partial charge in [-0.25, -0.2) is 0 Å². The highest BCUT2D eigenvalue weighted by Crippen LogP contribution is 2.48. The van der Waals surface area contributed by atoms with E-state index in [2.05, 4.69) is 228 Å². The molecule has 0 atom stereocenters. The summed E-state index contributed by atoms with van der Waals surface area (Å²) in [5.74, 6) is 0. The monoisotopic (exact) mass is 808 g/mol. The zero-order valence-electron chi connectivity index (χ0n) is 33.5. The standard InChI is InChI=1S/C58H36N2OS/c1-2-14-37(15-3-1)39-18-12-19-42(32-39)59-52-24-9-6-21-45(52)48-33-40(28-30-53(48)59)41-34-50-46-22-7-10-26-55(46)61-58(50)54(35-41)60(51-25-13-17-38-16-4-5-20-44(38)51)43-29-31-57-49(36-43)47-23-8-11-27-56(47)62-57/h1-36H. The molecule has 13 rings (SSSR count). The van der Waals surface area contributed by atoms with Gasteiger partial charge in [0.05, 0.1) is 22.4 Å². The van der Waals surface area contributed by atoms with E-state index in [1.54, 1.807) is 0 Å². The summed E-state index contributed by atoms with van der Waals surface area (Å²) in [6.45, 7) is 0. The van der Waals surface area contributed by atoms with Crippen LogP contribution in [0.4, 0.5) is 17.1 Å². The van der Waals surface area contributed by atoms with Crippen LogP contribution >= 0.6 is 11.3 Å². The van der Waals surface area contributed by atoms with Gasteiger partial charge in [-0.1, -0.05) is 140 Å². The summed E-state index contributed by atoms with van der Waals surface area (Å²) >= 11 is 1.84. The summed E-state index contributed by atoms with van der Waals surface area (Å²) in [4.78, 5) is 2.42. The number of thiophene rings is 1. The van der Waals surface area contributed by atoms with Gasteiger partial charge in [0, 0.05) is 58.5 Å². The predicted molar refractivity (Wildman–Crippen MR) is 264 cm³/mol. The summed E-state index contributed by atoms with van der Waals surface area (Å²) in [5.41, 5.74) is 13.0. The van der Waals surface area contributed by atoms with E-state index in [4.69, 9.17) is 4.42 Å². The number of nitrogens with zero attached hydrogens (tertiary/aromatic N) is 2. The molecule has 62 heavy (non-hydrogen) atoms. The average Bonchev–Trinajstić information content (AvgIpc) is 4.01. The first kappa shape index (κ1) is 34.9. The third kappa shape index (κ3) is 5.44. The fourth-order valence-electron chi connectivity index (χ4n) is 9.69. The fraction of sp³-hybridized carbons (Fsp3) is 0. The molecule has 290 valence electrons. The maximum Gasteiger partial charge on any atom is 0.159 e. The van der Waals surface area contributed by atoms with Gasteiger partial charge in [-0.05, 0) is 107 Å². The van der Waals surface area contributed by atoms with Gasteiger partial charge in [-0.3, -0.25) is 0 Å². The van der Waals surface area contributed by atoms with Gasteiger partial charge in [0.2, 0.25) is 0 Å². The second kappa shape index (κ2) is 13.8. The van der Waals surface area contributed by atoms with Crippen LogP contribution in [-0.2, 0) is 0 Å². The number of fused-ring (bicyclic) bond motifs is 10. The SMILES string of the molecule is c1ccc(-c2cccc(-n3c4ccccc4c4cc(-c5cc(N(c6ccc7sc8ccccc8c7c6)c6cccc7ccccc67)c6oc7ccccc7c6c5)ccc43)c2)cc1. The molecule has 0 spiro atoms. The van der Waals surface area contributed by atoms with E-state index in [1.807, 2.05) is 11.3 Å². The van der Waals surface area contributed by atoms with Crippen molar-refractivity contribution < 1.29 is 4.42 Å². The Morgan fingerprint density at radius 3 is 1.97 bits per heavy atom. The minimum absolute atomic E-state index is 0.856. The normalized spacial score (nSPS) is 11.9. The Morgan fingerprint density at radius 1 is 0.371 bits per heavy atom. The summed E-state index contributed by atoms with van der Waals surface area (Å²) < 4.78 is 11.9. The van der Waals surface area contributed by atoms with Crippen molar-refractivity contribution in [2.75, 3.05) is 4.90 Å². The van der Waals surface area contributed by atoms with Crippen molar-refractivity contribution in [1.82, 2.24) is 4.57 Å². The molecule has 0 aliphatic heterocycles. The fourth-order valence-corrected chi connectivity index (χ4v) is 10.8. The third-order valence-electron chi connectivity index (χ3n) is 12.5. The van der Waals surface area contributed by atoms with Crippen LogP contribution in [0.1, 0.15) is 0 Å². The Kier molecular flexibility index (Phi) is 7.78. The maximum absolute atomic E-state index is 6.93. The lowest BCUT2D eigenvalue weighted by Crippen LogP contribution is -2.11. The van der Waals surface area contributed by atoms with Gasteiger partial charge < -0.3 is 13.9 Å². The van der Waals surface area contributed by atoms with E-state index in [0.29, 0.717) is 0 Å². The highest BCUT2D eigenvalue weighted by atomic mass is 32.1. The van der Waals surface area contributed by atoms with E-state index in [1.165, 1.54) is 63.9 Å². The highest BCUT2D eigenvalue weighted by Gasteiger charge is 2.24. The van der Waals surface area contributed by atoms with Crippen molar-refractivity contribution in [1.29, 1.82) is 0 Å². The number of furan rings is 1. The van der Waals surface area contributed by atoms with Gasteiger partial charge in [-0.15, -0.1) is 11.3 Å². The molecule has 0 unspecified atom stereocenters. The largest absolute Gasteiger partial charge is 0.454 e. The Labute approximate surface area is 361 Å². The lowest BCUT2D eigenvalue weighted by molar-refractivity contribution is 0.669. The van der Waals surface area contributed by atoms with Gasteiger partial charge in [0.1, 0.15) is 5.58 Å². The van der Waals surface area contributed by atoms with Gasteiger partial charge in [0.25, 0.3) is 0 Å². The topological polar surface area (TPSA) is 21.3 Å². The number of aromatic nitrogens is 1. The van der Waals surface area contributed by atoms with E-state index in [-0.39, 0.29) is 0 Å². The van der Waals surface area contributed by atoms with E-state index in [0.717, 1.165) is 55.8 Å². The van der Waals surface area contributed by atoms with Gasteiger partial charge in [0.15, 0.2) is 5.58 Å². The molecule has 3 nitrogen and oxygen atoms in total. The molecule has 0 saturated carbocycles. The minimum atomic E-state index is 0.856. The number of hydrogen-bond donors (Lipinski definition) is 0. The molecule has 0 N–H and O–H groups in total. The molecule has 13 aromatic rings. The molecule has 0 aliphatic carbocycles. The molecule has 0 amide bonds. The molecule has 4 heteroatoms. The van der Waals surface area contributed by atoms with Crippen LogP contribution in [0.3, 0.4) is 0 Å². The zero-order chi connectivity index (χ0) is 40.7. The maximum atomic E-state index is 6.93. The van der Waals surface area contributed by atoms with Crippen molar-refractivity contribution in [3.8, 4) is 27.9 Å². The second-order valence-electron chi connectivity index (χ2n) is 16.1. The van der Waals surface area contributed by atoms with Crippen molar-refractivity contribution in [3.63, 3.8) is 0 Å². The number of hydrogen-bond acceptors (Lipinski definition) is 3. The van der Waals surface area contributed by atoms with Gasteiger partial charge >= 0.3 is 0 Å². The highest BCUT2D eigenvalue weighted by molar-refractivity contribution is 7.25.